The number of ether oxygens (including phenoxy) is 1. The van der Waals surface area contributed by atoms with Crippen LogP contribution in [-0.4, -0.2) is 22.4 Å². The third kappa shape index (κ3) is 3.96. The molecule has 0 spiro atoms. The number of rotatable bonds is 5. The molecule has 0 aliphatic heterocycles. The van der Waals surface area contributed by atoms with Crippen molar-refractivity contribution in [1.82, 2.24) is 9.78 Å². The van der Waals surface area contributed by atoms with E-state index in [4.69, 9.17) is 16.3 Å². The molecular weight excluding hydrogens is 326 g/mol. The maximum absolute atomic E-state index is 12.3. The third-order valence-corrected chi connectivity index (χ3v) is 3.62. The lowest BCUT2D eigenvalue weighted by molar-refractivity contribution is 0.0495. The number of hydrogen-bond acceptors (Lipinski definition) is 3. The first-order valence-electron chi connectivity index (χ1n) is 6.87. The van der Waals surface area contributed by atoms with Crippen molar-refractivity contribution in [1.29, 1.82) is 0 Å². The summed E-state index contributed by atoms with van der Waals surface area (Å²) < 4.78 is 30.9. The monoisotopic (exact) mass is 340 g/mol. The minimum absolute atomic E-state index is 0.0327. The number of hydrogen-bond donors (Lipinski definition) is 0. The van der Waals surface area contributed by atoms with Gasteiger partial charge in [-0.05, 0) is 12.5 Å². The summed E-state index contributed by atoms with van der Waals surface area (Å²) in [4.78, 5) is 12.1. The van der Waals surface area contributed by atoms with Crippen LogP contribution in [-0.2, 0) is 11.8 Å². The molecule has 122 valence electrons. The molecule has 2 rings (SSSR count). The Kier molecular flexibility index (Phi) is 5.50. The van der Waals surface area contributed by atoms with E-state index >= 15 is 0 Å². The van der Waals surface area contributed by atoms with E-state index in [1.54, 1.807) is 7.05 Å². The minimum Gasteiger partial charge on any atom is -0.461 e. The molecular formula is C16H15ClF2N2O2. The second kappa shape index (κ2) is 7.37. The maximum atomic E-state index is 12.3. The van der Waals surface area contributed by atoms with E-state index in [1.165, 1.54) is 11.6 Å². The van der Waals surface area contributed by atoms with Crippen molar-refractivity contribution in [3.8, 4) is 11.3 Å². The van der Waals surface area contributed by atoms with E-state index in [0.717, 1.165) is 5.56 Å². The van der Waals surface area contributed by atoms with Crippen LogP contribution in [0.1, 0.15) is 23.8 Å². The van der Waals surface area contributed by atoms with E-state index < -0.39 is 12.0 Å². The molecule has 0 aliphatic rings. The summed E-state index contributed by atoms with van der Waals surface area (Å²) in [6, 6.07) is 9.16. The normalized spacial score (nSPS) is 10.5. The first kappa shape index (κ1) is 17.1. The van der Waals surface area contributed by atoms with Crippen LogP contribution in [0.5, 0.6) is 0 Å². The number of nitrogens with zero attached hydrogens (tertiary/aromatic N) is 2. The van der Waals surface area contributed by atoms with Crippen LogP contribution in [0.25, 0.3) is 11.3 Å². The summed E-state index contributed by atoms with van der Waals surface area (Å²) in [6.45, 7) is 1.14. The molecule has 1 aromatic carbocycles. The molecule has 1 aromatic heterocycles. The molecule has 0 radical (unpaired) electrons. The van der Waals surface area contributed by atoms with Crippen molar-refractivity contribution in [3.63, 3.8) is 0 Å². The van der Waals surface area contributed by atoms with Crippen molar-refractivity contribution in [2.75, 3.05) is 6.61 Å². The van der Waals surface area contributed by atoms with E-state index in [0.29, 0.717) is 5.69 Å². The average molecular weight is 341 g/mol. The Morgan fingerprint density at radius 3 is 2.57 bits per heavy atom. The van der Waals surface area contributed by atoms with E-state index in [2.05, 4.69) is 5.10 Å². The number of halogens is 3. The molecule has 0 unspecified atom stereocenters. The predicted molar refractivity (Wildman–Crippen MR) is 83.5 cm³/mol. The fourth-order valence-electron chi connectivity index (χ4n) is 1.96. The highest BCUT2D eigenvalue weighted by Gasteiger charge is 2.22. The van der Waals surface area contributed by atoms with E-state index in [1.807, 2.05) is 30.3 Å². The summed E-state index contributed by atoms with van der Waals surface area (Å²) in [6.07, 6.45) is -1.79. The Morgan fingerprint density at radius 1 is 1.30 bits per heavy atom. The molecule has 1 heterocycles. The zero-order valence-corrected chi connectivity index (χ0v) is 13.4. The topological polar surface area (TPSA) is 44.1 Å². The molecule has 0 amide bonds. The smallest absolute Gasteiger partial charge is 0.358 e. The molecule has 0 aliphatic carbocycles. The molecule has 7 heteroatoms. The summed E-state index contributed by atoms with van der Waals surface area (Å²) in [5, 5.41) is 4.40. The van der Waals surface area contributed by atoms with Crippen molar-refractivity contribution in [3.05, 3.63) is 52.7 Å². The first-order valence-corrected chi connectivity index (χ1v) is 7.25. The zero-order chi connectivity index (χ0) is 17.0. The van der Waals surface area contributed by atoms with Crippen LogP contribution in [0, 0.1) is 0 Å². The van der Waals surface area contributed by atoms with Gasteiger partial charge in [0, 0.05) is 19.0 Å². The Labute approximate surface area is 137 Å². The van der Waals surface area contributed by atoms with Crippen LogP contribution >= 0.6 is 11.6 Å². The number of aryl methyl sites for hydroxylation is 1. The van der Waals surface area contributed by atoms with Gasteiger partial charge in [0.1, 0.15) is 10.7 Å². The molecule has 0 fully saturated rings. The minimum atomic E-state index is -1.76. The lowest BCUT2D eigenvalue weighted by Gasteiger charge is -2.05. The van der Waals surface area contributed by atoms with Gasteiger partial charge in [0.2, 0.25) is 0 Å². The number of carbonyl (C=O) groups is 1. The van der Waals surface area contributed by atoms with Crippen LogP contribution in [0.4, 0.5) is 8.78 Å². The van der Waals surface area contributed by atoms with Gasteiger partial charge in [-0.2, -0.15) is 13.9 Å². The van der Waals surface area contributed by atoms with Gasteiger partial charge in [-0.3, -0.25) is 4.68 Å². The fourth-order valence-corrected chi connectivity index (χ4v) is 2.31. The van der Waals surface area contributed by atoms with Gasteiger partial charge < -0.3 is 4.74 Å². The average Bonchev–Trinajstić information content (AvgIpc) is 2.82. The third-order valence-electron chi connectivity index (χ3n) is 3.26. The van der Waals surface area contributed by atoms with Gasteiger partial charge in [-0.25, -0.2) is 4.79 Å². The second-order valence-electron chi connectivity index (χ2n) is 4.93. The molecule has 0 N–H and O–H groups in total. The highest BCUT2D eigenvalue weighted by molar-refractivity contribution is 6.35. The molecule has 2 aromatic rings. The Bertz CT molecular complexity index is 738. The van der Waals surface area contributed by atoms with Crippen LogP contribution in [0.15, 0.2) is 42.0 Å². The maximum Gasteiger partial charge on any atom is 0.358 e. The van der Waals surface area contributed by atoms with Crippen molar-refractivity contribution in [2.45, 2.75) is 13.3 Å². The lowest BCUT2D eigenvalue weighted by Crippen LogP contribution is -2.12. The highest BCUT2D eigenvalue weighted by atomic mass is 35.5. The summed E-state index contributed by atoms with van der Waals surface area (Å²) >= 11 is 6.24. The summed E-state index contributed by atoms with van der Waals surface area (Å²) in [5.41, 5.74) is 1.21. The molecule has 0 saturated carbocycles. The summed E-state index contributed by atoms with van der Waals surface area (Å²) in [5.74, 6) is -0.695. The standard InChI is InChI=1S/C16H15ClF2N2O2/c1-10(15(18)19)8-9-23-16(22)14-12(17)13(20-21(14)2)11-6-4-3-5-7-11/h3-7H,8-9H2,1-2H3. The Hall–Kier alpha value is -2.21. The Balaban J connectivity index is 2.16. The first-order chi connectivity index (χ1) is 10.9. The highest BCUT2D eigenvalue weighted by Crippen LogP contribution is 2.30. The molecule has 0 atom stereocenters. The molecule has 0 saturated heterocycles. The van der Waals surface area contributed by atoms with Crippen molar-refractivity contribution < 1.29 is 18.3 Å². The van der Waals surface area contributed by atoms with Gasteiger partial charge in [0.15, 0.2) is 5.69 Å². The van der Waals surface area contributed by atoms with Crippen molar-refractivity contribution in [2.24, 2.45) is 7.05 Å². The number of esters is 1. The van der Waals surface area contributed by atoms with Gasteiger partial charge in [-0.15, -0.1) is 0 Å². The van der Waals surface area contributed by atoms with E-state index in [9.17, 15) is 13.6 Å². The number of carbonyl (C=O) groups excluding carboxylic acids is 1. The van der Waals surface area contributed by atoms with Crippen LogP contribution in [0.3, 0.4) is 0 Å². The number of aromatic nitrogens is 2. The van der Waals surface area contributed by atoms with Gasteiger partial charge >= 0.3 is 5.97 Å². The lowest BCUT2D eigenvalue weighted by atomic mass is 10.1. The van der Waals surface area contributed by atoms with Gasteiger partial charge in [0.05, 0.1) is 6.61 Å². The number of benzene rings is 1. The quantitative estimate of drug-likeness (QED) is 0.755. The van der Waals surface area contributed by atoms with E-state index in [-0.39, 0.29) is 29.3 Å². The van der Waals surface area contributed by atoms with Crippen molar-refractivity contribution >= 4 is 17.6 Å². The summed E-state index contributed by atoms with van der Waals surface area (Å²) in [7, 11) is 1.57. The van der Waals surface area contributed by atoms with Crippen LogP contribution in [0.2, 0.25) is 5.02 Å². The van der Waals surface area contributed by atoms with Gasteiger partial charge in [0.25, 0.3) is 6.08 Å². The zero-order valence-electron chi connectivity index (χ0n) is 12.6. The predicted octanol–water partition coefficient (Wildman–Crippen LogP) is 4.46. The molecule has 0 bridgehead atoms. The molecule has 23 heavy (non-hydrogen) atoms. The van der Waals surface area contributed by atoms with Gasteiger partial charge in [-0.1, -0.05) is 41.9 Å². The Morgan fingerprint density at radius 2 is 1.96 bits per heavy atom. The SMILES string of the molecule is CC(CCOC(=O)c1c(Cl)c(-c2ccccc2)nn1C)=C(F)F. The second-order valence-corrected chi connectivity index (χ2v) is 5.31. The van der Waals surface area contributed by atoms with Crippen LogP contribution < -0.4 is 0 Å². The fraction of sp³-hybridized carbons (Fsp3) is 0.250. The molecule has 4 nitrogen and oxygen atoms in total. The largest absolute Gasteiger partial charge is 0.461 e.